The van der Waals surface area contributed by atoms with Crippen LogP contribution in [0.2, 0.25) is 0 Å². The third-order valence-corrected chi connectivity index (χ3v) is 1.95. The van der Waals surface area contributed by atoms with E-state index in [1.807, 2.05) is 24.1 Å². The lowest BCUT2D eigenvalue weighted by molar-refractivity contribution is 0.400. The highest BCUT2D eigenvalue weighted by Crippen LogP contribution is 2.03. The van der Waals surface area contributed by atoms with E-state index in [1.165, 1.54) is 0 Å². The number of furan rings is 1. The van der Waals surface area contributed by atoms with Crippen LogP contribution < -0.4 is 11.3 Å². The topological polar surface area (TPSA) is 66.8 Å². The van der Waals surface area contributed by atoms with Crippen molar-refractivity contribution in [3.63, 3.8) is 0 Å². The summed E-state index contributed by atoms with van der Waals surface area (Å²) in [7, 11) is 1.91. The van der Waals surface area contributed by atoms with Gasteiger partial charge in [-0.2, -0.15) is 0 Å². The van der Waals surface area contributed by atoms with E-state index in [2.05, 4.69) is 17.3 Å². The molecule has 5 nitrogen and oxygen atoms in total. The van der Waals surface area contributed by atoms with Crippen molar-refractivity contribution < 1.29 is 4.42 Å². The number of hydrogen-bond donors (Lipinski definition) is 2. The third kappa shape index (κ3) is 3.63. The number of nitrogens with two attached hydrogens (primary N) is 1. The number of guanidine groups is 1. The van der Waals surface area contributed by atoms with Crippen molar-refractivity contribution in [3.8, 4) is 0 Å². The van der Waals surface area contributed by atoms with Crippen LogP contribution in [0.4, 0.5) is 0 Å². The van der Waals surface area contributed by atoms with E-state index in [0.717, 1.165) is 18.7 Å². The zero-order valence-electron chi connectivity index (χ0n) is 9.23. The summed E-state index contributed by atoms with van der Waals surface area (Å²) in [4.78, 5) is 6.22. The number of hydrazine groups is 1. The summed E-state index contributed by atoms with van der Waals surface area (Å²) in [6, 6.07) is 3.78. The lowest BCUT2D eigenvalue weighted by Gasteiger charge is -2.19. The Bertz CT molecular complexity index is 294. The number of nitrogens with one attached hydrogen (secondary N) is 1. The summed E-state index contributed by atoms with van der Waals surface area (Å²) in [5.41, 5.74) is 2.58. The average molecular weight is 210 g/mol. The SMILES string of the molecule is CCCN=C(NN)N(C)Cc1ccco1. The molecule has 0 aliphatic heterocycles. The van der Waals surface area contributed by atoms with E-state index in [9.17, 15) is 0 Å². The van der Waals surface area contributed by atoms with E-state index in [4.69, 9.17) is 10.3 Å². The molecule has 0 amide bonds. The second kappa shape index (κ2) is 6.08. The molecule has 1 aromatic rings. The maximum atomic E-state index is 5.39. The molecule has 0 saturated heterocycles. The van der Waals surface area contributed by atoms with Gasteiger partial charge in [0.25, 0.3) is 0 Å². The van der Waals surface area contributed by atoms with Gasteiger partial charge < -0.3 is 9.32 Å². The minimum Gasteiger partial charge on any atom is -0.467 e. The predicted octanol–water partition coefficient (Wildman–Crippen LogP) is 0.941. The molecule has 1 aromatic heterocycles. The first-order valence-electron chi connectivity index (χ1n) is 5.02. The maximum Gasteiger partial charge on any atom is 0.208 e. The van der Waals surface area contributed by atoms with E-state index in [-0.39, 0.29) is 0 Å². The second-order valence-electron chi connectivity index (χ2n) is 3.29. The van der Waals surface area contributed by atoms with E-state index in [0.29, 0.717) is 12.5 Å². The summed E-state index contributed by atoms with van der Waals surface area (Å²) < 4.78 is 5.24. The van der Waals surface area contributed by atoms with Crippen molar-refractivity contribution in [2.45, 2.75) is 19.9 Å². The Morgan fingerprint density at radius 1 is 1.67 bits per heavy atom. The highest BCUT2D eigenvalue weighted by Gasteiger charge is 2.06. The summed E-state index contributed by atoms with van der Waals surface area (Å²) in [6.07, 6.45) is 2.65. The molecule has 84 valence electrons. The van der Waals surface area contributed by atoms with Gasteiger partial charge in [0.2, 0.25) is 5.96 Å². The predicted molar refractivity (Wildman–Crippen MR) is 60.1 cm³/mol. The molecule has 1 heterocycles. The molecular weight excluding hydrogens is 192 g/mol. The van der Waals surface area contributed by atoms with Crippen molar-refractivity contribution in [2.24, 2.45) is 10.8 Å². The lowest BCUT2D eigenvalue weighted by atomic mass is 10.4. The van der Waals surface area contributed by atoms with Gasteiger partial charge in [-0.1, -0.05) is 6.92 Å². The van der Waals surface area contributed by atoms with E-state index >= 15 is 0 Å². The summed E-state index contributed by atoms with van der Waals surface area (Å²) in [5, 5.41) is 0. The standard InChI is InChI=1S/C10H18N4O/c1-3-6-12-10(13-11)14(2)8-9-5-4-7-15-9/h4-5,7H,3,6,8,11H2,1-2H3,(H,12,13). The van der Waals surface area contributed by atoms with Crippen LogP contribution in [0.3, 0.4) is 0 Å². The Morgan fingerprint density at radius 3 is 3.00 bits per heavy atom. The molecule has 0 spiro atoms. The second-order valence-corrected chi connectivity index (χ2v) is 3.29. The molecule has 0 bridgehead atoms. The zero-order chi connectivity index (χ0) is 11.1. The molecule has 0 aliphatic carbocycles. The van der Waals surface area contributed by atoms with Crippen LogP contribution in [0.25, 0.3) is 0 Å². The minimum atomic E-state index is 0.653. The van der Waals surface area contributed by atoms with Gasteiger partial charge in [-0.05, 0) is 18.6 Å². The Balaban J connectivity index is 2.53. The number of hydrogen-bond acceptors (Lipinski definition) is 3. The largest absolute Gasteiger partial charge is 0.467 e. The van der Waals surface area contributed by atoms with Crippen LogP contribution in [0.15, 0.2) is 27.8 Å². The van der Waals surface area contributed by atoms with Crippen LogP contribution in [-0.2, 0) is 6.54 Å². The molecule has 15 heavy (non-hydrogen) atoms. The van der Waals surface area contributed by atoms with Crippen molar-refractivity contribution >= 4 is 5.96 Å². The van der Waals surface area contributed by atoms with Crippen LogP contribution in [0.5, 0.6) is 0 Å². The van der Waals surface area contributed by atoms with Crippen LogP contribution in [0, 0.1) is 0 Å². The Morgan fingerprint density at radius 2 is 2.47 bits per heavy atom. The fourth-order valence-electron chi connectivity index (χ4n) is 1.21. The number of nitrogens with zero attached hydrogens (tertiary/aromatic N) is 2. The van der Waals surface area contributed by atoms with Gasteiger partial charge in [0.05, 0.1) is 12.8 Å². The fourth-order valence-corrected chi connectivity index (χ4v) is 1.21. The highest BCUT2D eigenvalue weighted by atomic mass is 16.3. The van der Waals surface area contributed by atoms with Crippen molar-refractivity contribution in [1.82, 2.24) is 10.3 Å². The normalized spacial score (nSPS) is 11.5. The molecule has 0 radical (unpaired) electrons. The number of rotatable bonds is 4. The average Bonchev–Trinajstić information content (AvgIpc) is 2.71. The molecule has 1 rings (SSSR count). The molecule has 0 unspecified atom stereocenters. The van der Waals surface area contributed by atoms with Gasteiger partial charge in [-0.15, -0.1) is 0 Å². The van der Waals surface area contributed by atoms with Gasteiger partial charge in [-0.25, -0.2) is 5.84 Å². The Hall–Kier alpha value is -1.49. The molecule has 0 atom stereocenters. The molecule has 0 aromatic carbocycles. The summed E-state index contributed by atoms with van der Waals surface area (Å²) in [5.74, 6) is 6.95. The van der Waals surface area contributed by atoms with Gasteiger partial charge >= 0.3 is 0 Å². The van der Waals surface area contributed by atoms with E-state index < -0.39 is 0 Å². The van der Waals surface area contributed by atoms with Crippen molar-refractivity contribution in [1.29, 1.82) is 0 Å². The van der Waals surface area contributed by atoms with Crippen molar-refractivity contribution in [3.05, 3.63) is 24.2 Å². The van der Waals surface area contributed by atoms with Gasteiger partial charge in [0.1, 0.15) is 5.76 Å². The lowest BCUT2D eigenvalue weighted by Crippen LogP contribution is -2.42. The maximum absolute atomic E-state index is 5.39. The fraction of sp³-hybridized carbons (Fsp3) is 0.500. The molecule has 5 heteroatoms. The van der Waals surface area contributed by atoms with Crippen molar-refractivity contribution in [2.75, 3.05) is 13.6 Å². The smallest absolute Gasteiger partial charge is 0.208 e. The molecule has 3 N–H and O–H groups in total. The number of aliphatic imine (C=N–C) groups is 1. The monoisotopic (exact) mass is 210 g/mol. The Kier molecular flexibility index (Phi) is 4.70. The molecule has 0 saturated carbocycles. The van der Waals surface area contributed by atoms with Crippen LogP contribution >= 0.6 is 0 Å². The van der Waals surface area contributed by atoms with Crippen LogP contribution in [-0.4, -0.2) is 24.5 Å². The Labute approximate surface area is 89.9 Å². The third-order valence-electron chi connectivity index (χ3n) is 1.95. The van der Waals surface area contributed by atoms with Gasteiger partial charge in [0, 0.05) is 13.6 Å². The summed E-state index contributed by atoms with van der Waals surface area (Å²) >= 11 is 0. The van der Waals surface area contributed by atoms with Crippen LogP contribution in [0.1, 0.15) is 19.1 Å². The first-order chi connectivity index (χ1) is 7.27. The summed E-state index contributed by atoms with van der Waals surface area (Å²) in [6.45, 7) is 3.49. The van der Waals surface area contributed by atoms with Gasteiger partial charge in [0.15, 0.2) is 0 Å². The minimum absolute atomic E-state index is 0.653. The highest BCUT2D eigenvalue weighted by molar-refractivity contribution is 5.79. The first-order valence-corrected chi connectivity index (χ1v) is 5.02. The first kappa shape index (κ1) is 11.6. The zero-order valence-corrected chi connectivity index (χ0v) is 9.23. The molecular formula is C10H18N4O. The molecule has 0 aliphatic rings. The quantitative estimate of drug-likeness (QED) is 0.336. The van der Waals surface area contributed by atoms with Gasteiger partial charge in [-0.3, -0.25) is 10.4 Å². The van der Waals surface area contributed by atoms with E-state index in [1.54, 1.807) is 6.26 Å². The molecule has 0 fully saturated rings.